The van der Waals surface area contributed by atoms with Crippen molar-refractivity contribution in [1.29, 1.82) is 5.26 Å². The molecule has 29 heavy (non-hydrogen) atoms. The van der Waals surface area contributed by atoms with Crippen molar-refractivity contribution < 1.29 is 14.0 Å². The maximum atomic E-state index is 13.2. The molecule has 6 heteroatoms. The van der Waals surface area contributed by atoms with Gasteiger partial charge in [0.25, 0.3) is 5.91 Å². The number of pyridine rings is 1. The van der Waals surface area contributed by atoms with Gasteiger partial charge in [0.1, 0.15) is 17.5 Å². The second-order valence-corrected chi connectivity index (χ2v) is 7.10. The van der Waals surface area contributed by atoms with E-state index in [1.54, 1.807) is 23.6 Å². The molecule has 0 radical (unpaired) electrons. The third-order valence-corrected chi connectivity index (χ3v) is 5.02. The Kier molecular flexibility index (Phi) is 4.73. The molecule has 0 saturated heterocycles. The van der Waals surface area contributed by atoms with Gasteiger partial charge in [0, 0.05) is 23.4 Å². The van der Waals surface area contributed by atoms with Gasteiger partial charge >= 0.3 is 0 Å². The van der Waals surface area contributed by atoms with E-state index in [2.05, 4.69) is 5.32 Å². The number of rotatable bonds is 5. The molecule has 2 aromatic heterocycles. The summed E-state index contributed by atoms with van der Waals surface area (Å²) in [5.41, 5.74) is 2.77. The lowest BCUT2D eigenvalue weighted by molar-refractivity contribution is -0.117. The molecule has 2 heterocycles. The lowest BCUT2D eigenvalue weighted by Crippen LogP contribution is -2.26. The molecule has 4 rings (SSSR count). The smallest absolute Gasteiger partial charge is 0.262 e. The van der Waals surface area contributed by atoms with E-state index in [-0.39, 0.29) is 17.4 Å². The van der Waals surface area contributed by atoms with Gasteiger partial charge in [0.05, 0.1) is 11.2 Å². The van der Waals surface area contributed by atoms with Crippen LogP contribution in [0.2, 0.25) is 0 Å². The van der Waals surface area contributed by atoms with E-state index >= 15 is 0 Å². The molecular formula is C23H18FN3O2. The lowest BCUT2D eigenvalue weighted by Gasteiger charge is -2.04. The van der Waals surface area contributed by atoms with Crippen LogP contribution in [0.25, 0.3) is 11.6 Å². The standard InChI is InChI=1S/C23H18FN3O2/c1-14-19(12-16(13-25)23(29)26-18-9-10-18)20-4-2-3-11-27(20)21(14)22(28)15-5-7-17(24)8-6-15/h2-8,11-12,18H,9-10H2,1H3,(H,26,29)/b16-12+. The van der Waals surface area contributed by atoms with Crippen LogP contribution in [0.3, 0.4) is 0 Å². The van der Waals surface area contributed by atoms with Gasteiger partial charge in [-0.05, 0) is 67.8 Å². The summed E-state index contributed by atoms with van der Waals surface area (Å²) in [6.07, 6.45) is 5.14. The fourth-order valence-corrected chi connectivity index (χ4v) is 3.34. The molecule has 1 N–H and O–H groups in total. The normalized spacial score (nSPS) is 13.9. The maximum absolute atomic E-state index is 13.2. The number of fused-ring (bicyclic) bond motifs is 1. The number of halogens is 1. The van der Waals surface area contributed by atoms with E-state index in [1.165, 1.54) is 30.3 Å². The first-order valence-electron chi connectivity index (χ1n) is 9.32. The van der Waals surface area contributed by atoms with Crippen molar-refractivity contribution in [2.75, 3.05) is 0 Å². The Labute approximate surface area is 167 Å². The Morgan fingerprint density at radius 3 is 2.59 bits per heavy atom. The van der Waals surface area contributed by atoms with Crippen molar-refractivity contribution in [3.05, 3.63) is 82.4 Å². The van der Waals surface area contributed by atoms with Crippen LogP contribution in [0.15, 0.2) is 54.2 Å². The predicted molar refractivity (Wildman–Crippen MR) is 107 cm³/mol. The van der Waals surface area contributed by atoms with Crippen LogP contribution in [-0.4, -0.2) is 22.1 Å². The van der Waals surface area contributed by atoms with Crippen LogP contribution < -0.4 is 5.32 Å². The number of nitrogens with zero attached hydrogens (tertiary/aromatic N) is 2. The number of benzene rings is 1. The van der Waals surface area contributed by atoms with Crippen LogP contribution in [0, 0.1) is 24.1 Å². The van der Waals surface area contributed by atoms with Crippen molar-refractivity contribution in [3.63, 3.8) is 0 Å². The number of ketones is 1. The second-order valence-electron chi connectivity index (χ2n) is 7.10. The number of carbonyl (C=O) groups excluding carboxylic acids is 2. The molecule has 0 atom stereocenters. The second kappa shape index (κ2) is 7.36. The lowest BCUT2D eigenvalue weighted by atomic mass is 10.0. The summed E-state index contributed by atoms with van der Waals surface area (Å²) in [5.74, 6) is -1.08. The minimum absolute atomic E-state index is 0.00265. The fraction of sp³-hybridized carbons (Fsp3) is 0.174. The minimum atomic E-state index is -0.415. The Morgan fingerprint density at radius 1 is 1.21 bits per heavy atom. The third kappa shape index (κ3) is 3.55. The average molecular weight is 387 g/mol. The average Bonchev–Trinajstić information content (AvgIpc) is 3.49. The molecule has 1 aromatic carbocycles. The van der Waals surface area contributed by atoms with Crippen LogP contribution in [-0.2, 0) is 4.79 Å². The number of hydrogen-bond acceptors (Lipinski definition) is 3. The van der Waals surface area contributed by atoms with Gasteiger partial charge < -0.3 is 9.72 Å². The van der Waals surface area contributed by atoms with Gasteiger partial charge in [-0.25, -0.2) is 4.39 Å². The predicted octanol–water partition coefficient (Wildman–Crippen LogP) is 3.80. The van der Waals surface area contributed by atoms with E-state index in [1.807, 2.05) is 18.2 Å². The molecule has 1 aliphatic rings. The van der Waals surface area contributed by atoms with E-state index in [0.717, 1.165) is 12.8 Å². The molecule has 144 valence electrons. The topological polar surface area (TPSA) is 74.4 Å². The largest absolute Gasteiger partial charge is 0.349 e. The van der Waals surface area contributed by atoms with Gasteiger partial charge in [-0.1, -0.05) is 6.07 Å². The molecule has 1 saturated carbocycles. The molecule has 1 amide bonds. The Morgan fingerprint density at radius 2 is 1.93 bits per heavy atom. The van der Waals surface area contributed by atoms with Crippen molar-refractivity contribution in [1.82, 2.24) is 9.72 Å². The highest BCUT2D eigenvalue weighted by Crippen LogP contribution is 2.28. The highest BCUT2D eigenvalue weighted by Gasteiger charge is 2.26. The van der Waals surface area contributed by atoms with E-state index in [4.69, 9.17) is 0 Å². The third-order valence-electron chi connectivity index (χ3n) is 5.02. The Bertz CT molecular complexity index is 1200. The van der Waals surface area contributed by atoms with Gasteiger partial charge in [-0.2, -0.15) is 5.26 Å². The molecule has 1 aliphatic carbocycles. The number of nitrogens with one attached hydrogen (secondary N) is 1. The summed E-state index contributed by atoms with van der Waals surface area (Å²) in [7, 11) is 0. The number of carbonyl (C=O) groups is 2. The van der Waals surface area contributed by atoms with Crippen LogP contribution in [0.5, 0.6) is 0 Å². The summed E-state index contributed by atoms with van der Waals surface area (Å²) >= 11 is 0. The van der Waals surface area contributed by atoms with E-state index in [0.29, 0.717) is 27.9 Å². The molecule has 0 unspecified atom stereocenters. The molecule has 1 fully saturated rings. The molecule has 0 aliphatic heterocycles. The molecule has 3 aromatic rings. The zero-order valence-corrected chi connectivity index (χ0v) is 15.8. The maximum Gasteiger partial charge on any atom is 0.262 e. The van der Waals surface area contributed by atoms with Gasteiger partial charge in [0.2, 0.25) is 5.78 Å². The zero-order chi connectivity index (χ0) is 20.5. The van der Waals surface area contributed by atoms with Crippen molar-refractivity contribution in [2.24, 2.45) is 0 Å². The first-order chi connectivity index (χ1) is 14.0. The highest BCUT2D eigenvalue weighted by molar-refractivity contribution is 6.11. The van der Waals surface area contributed by atoms with Crippen LogP contribution in [0.4, 0.5) is 4.39 Å². The number of nitriles is 1. The Hall–Kier alpha value is -3.72. The summed E-state index contributed by atoms with van der Waals surface area (Å²) in [5, 5.41) is 12.3. The first-order valence-corrected chi connectivity index (χ1v) is 9.32. The SMILES string of the molecule is Cc1c(/C=C(\C#N)C(=O)NC2CC2)c2ccccn2c1C(=O)c1ccc(F)cc1. The van der Waals surface area contributed by atoms with E-state index in [9.17, 15) is 19.2 Å². The zero-order valence-electron chi connectivity index (χ0n) is 15.8. The monoisotopic (exact) mass is 387 g/mol. The van der Waals surface area contributed by atoms with Crippen molar-refractivity contribution in [2.45, 2.75) is 25.8 Å². The number of hydrogen-bond donors (Lipinski definition) is 1. The minimum Gasteiger partial charge on any atom is -0.349 e. The van der Waals surface area contributed by atoms with Crippen LogP contribution in [0.1, 0.15) is 40.0 Å². The molecule has 0 spiro atoms. The number of amides is 1. The highest BCUT2D eigenvalue weighted by atomic mass is 19.1. The van der Waals surface area contributed by atoms with Gasteiger partial charge in [-0.15, -0.1) is 0 Å². The van der Waals surface area contributed by atoms with Crippen molar-refractivity contribution in [3.8, 4) is 6.07 Å². The van der Waals surface area contributed by atoms with E-state index < -0.39 is 11.7 Å². The first kappa shape index (κ1) is 18.6. The summed E-state index contributed by atoms with van der Waals surface area (Å²) in [6, 6.07) is 12.9. The molecule has 5 nitrogen and oxygen atoms in total. The number of aromatic nitrogens is 1. The fourth-order valence-electron chi connectivity index (χ4n) is 3.34. The molecular weight excluding hydrogens is 369 g/mol. The summed E-state index contributed by atoms with van der Waals surface area (Å²) in [6.45, 7) is 1.78. The summed E-state index contributed by atoms with van der Waals surface area (Å²) in [4.78, 5) is 25.5. The molecule has 0 bridgehead atoms. The quantitative estimate of drug-likeness (QED) is 0.411. The van der Waals surface area contributed by atoms with Crippen molar-refractivity contribution >= 4 is 23.3 Å². The Balaban J connectivity index is 1.83. The van der Waals surface area contributed by atoms with Gasteiger partial charge in [0.15, 0.2) is 0 Å². The van der Waals surface area contributed by atoms with Gasteiger partial charge in [-0.3, -0.25) is 9.59 Å². The summed E-state index contributed by atoms with van der Waals surface area (Å²) < 4.78 is 15.0. The van der Waals surface area contributed by atoms with Crippen LogP contribution >= 0.6 is 0 Å².